The number of likely N-dealkylation sites (N-methyl/N-ethyl adjacent to an activating group) is 1. The number of benzene rings is 2. The zero-order chi connectivity index (χ0) is 20.6. The average Bonchev–Trinajstić information content (AvgIpc) is 2.76. The molecule has 0 saturated carbocycles. The molecule has 3 rings (SSSR count). The molecule has 0 aliphatic rings. The number of para-hydroxylation sites is 1. The molecule has 0 atom stereocenters. The van der Waals surface area contributed by atoms with Gasteiger partial charge in [-0.2, -0.15) is 0 Å². The Hall–Kier alpha value is -3.47. The predicted octanol–water partition coefficient (Wildman–Crippen LogP) is 4.01. The molecule has 29 heavy (non-hydrogen) atoms. The molecule has 1 amide bonds. The number of rotatable bonds is 7. The van der Waals surface area contributed by atoms with Gasteiger partial charge in [-0.15, -0.1) is 0 Å². The van der Waals surface area contributed by atoms with E-state index in [-0.39, 0.29) is 12.5 Å². The van der Waals surface area contributed by atoms with Crippen LogP contribution in [0.1, 0.15) is 23.7 Å². The van der Waals surface area contributed by atoms with E-state index >= 15 is 0 Å². The van der Waals surface area contributed by atoms with Gasteiger partial charge < -0.3 is 9.64 Å². The molecular formula is C24H24N2O3. The van der Waals surface area contributed by atoms with Crippen molar-refractivity contribution in [3.8, 4) is 0 Å². The number of fused-ring (bicyclic) bond motifs is 1. The highest BCUT2D eigenvalue weighted by molar-refractivity contribution is 5.89. The summed E-state index contributed by atoms with van der Waals surface area (Å²) in [5.41, 5.74) is 3.79. The molecular weight excluding hydrogens is 364 g/mol. The lowest BCUT2D eigenvalue weighted by atomic mass is 10.1. The van der Waals surface area contributed by atoms with Crippen molar-refractivity contribution in [1.82, 2.24) is 9.88 Å². The molecule has 0 radical (unpaired) electrons. The minimum absolute atomic E-state index is 0.254. The molecule has 2 aromatic carbocycles. The van der Waals surface area contributed by atoms with E-state index in [1.54, 1.807) is 18.0 Å². The highest BCUT2D eigenvalue weighted by Crippen LogP contribution is 2.12. The third-order valence-corrected chi connectivity index (χ3v) is 4.62. The number of carbonyl (C=O) groups excluding carboxylic acids is 2. The normalized spacial score (nSPS) is 11.0. The summed E-state index contributed by atoms with van der Waals surface area (Å²) >= 11 is 0. The molecule has 1 aromatic heterocycles. The monoisotopic (exact) mass is 388 g/mol. The molecule has 0 N–H and O–H groups in total. The molecule has 148 valence electrons. The van der Waals surface area contributed by atoms with Gasteiger partial charge >= 0.3 is 5.97 Å². The third-order valence-electron chi connectivity index (χ3n) is 4.62. The summed E-state index contributed by atoms with van der Waals surface area (Å²) in [5.74, 6) is -0.829. The minimum Gasteiger partial charge on any atom is -0.452 e. The summed E-state index contributed by atoms with van der Waals surface area (Å²) in [6.07, 6.45) is 3.85. The lowest BCUT2D eigenvalue weighted by Crippen LogP contribution is -2.30. The van der Waals surface area contributed by atoms with Crippen LogP contribution in [0.5, 0.6) is 0 Å². The van der Waals surface area contributed by atoms with E-state index in [0.717, 1.165) is 22.9 Å². The van der Waals surface area contributed by atoms with Gasteiger partial charge in [0.25, 0.3) is 5.91 Å². The maximum Gasteiger partial charge on any atom is 0.331 e. The van der Waals surface area contributed by atoms with Crippen LogP contribution in [0.2, 0.25) is 0 Å². The Bertz CT molecular complexity index is 1030. The lowest BCUT2D eigenvalue weighted by molar-refractivity contribution is -0.147. The number of aryl methyl sites for hydroxylation is 1. The fraction of sp³-hybridized carbons (Fsp3) is 0.208. The Balaban J connectivity index is 1.49. The number of pyridine rings is 1. The standard InChI is InChI=1S/C24H24N2O3/c1-3-18-8-10-19(11-9-18)16-26(2)23(27)17-29-24(28)15-14-21-13-12-20-6-4-5-7-22(20)25-21/h4-15H,3,16-17H2,1-2H3/b15-14+. The molecule has 1 heterocycles. The van der Waals surface area contributed by atoms with Crippen molar-refractivity contribution in [3.05, 3.63) is 83.6 Å². The molecule has 5 heteroatoms. The molecule has 0 bridgehead atoms. The molecule has 0 saturated heterocycles. The van der Waals surface area contributed by atoms with E-state index in [1.807, 2.05) is 48.5 Å². The topological polar surface area (TPSA) is 59.5 Å². The lowest BCUT2D eigenvalue weighted by Gasteiger charge is -2.17. The van der Waals surface area contributed by atoms with E-state index in [2.05, 4.69) is 24.0 Å². The van der Waals surface area contributed by atoms with Gasteiger partial charge in [-0.3, -0.25) is 4.79 Å². The van der Waals surface area contributed by atoms with Gasteiger partial charge in [0.05, 0.1) is 11.2 Å². The molecule has 0 spiro atoms. The Morgan fingerprint density at radius 3 is 2.48 bits per heavy atom. The van der Waals surface area contributed by atoms with Crippen LogP contribution in [0.4, 0.5) is 0 Å². The number of carbonyl (C=O) groups is 2. The summed E-state index contributed by atoms with van der Waals surface area (Å²) < 4.78 is 5.06. The first-order valence-electron chi connectivity index (χ1n) is 9.57. The first kappa shape index (κ1) is 20.3. The van der Waals surface area contributed by atoms with Crippen molar-refractivity contribution < 1.29 is 14.3 Å². The van der Waals surface area contributed by atoms with Crippen LogP contribution in [-0.2, 0) is 27.3 Å². The summed E-state index contributed by atoms with van der Waals surface area (Å²) in [6, 6.07) is 19.6. The van der Waals surface area contributed by atoms with Crippen molar-refractivity contribution in [1.29, 1.82) is 0 Å². The smallest absolute Gasteiger partial charge is 0.331 e. The molecule has 0 aliphatic heterocycles. The second-order valence-corrected chi connectivity index (χ2v) is 6.79. The van der Waals surface area contributed by atoms with Gasteiger partial charge in [0, 0.05) is 25.1 Å². The van der Waals surface area contributed by atoms with Gasteiger partial charge in [-0.1, -0.05) is 55.5 Å². The van der Waals surface area contributed by atoms with Crippen LogP contribution in [0.3, 0.4) is 0 Å². The van der Waals surface area contributed by atoms with Crippen LogP contribution in [0.15, 0.2) is 66.7 Å². The van der Waals surface area contributed by atoms with Gasteiger partial charge in [-0.25, -0.2) is 9.78 Å². The minimum atomic E-state index is -0.575. The van der Waals surface area contributed by atoms with Crippen molar-refractivity contribution in [3.63, 3.8) is 0 Å². The maximum atomic E-state index is 12.2. The fourth-order valence-electron chi connectivity index (χ4n) is 2.86. The molecule has 3 aromatic rings. The molecule has 0 fully saturated rings. The Morgan fingerprint density at radius 2 is 1.72 bits per heavy atom. The van der Waals surface area contributed by atoms with Crippen LogP contribution in [0, 0.1) is 0 Å². The van der Waals surface area contributed by atoms with Crippen LogP contribution >= 0.6 is 0 Å². The first-order chi connectivity index (χ1) is 14.0. The van der Waals surface area contributed by atoms with Crippen LogP contribution < -0.4 is 0 Å². The highest BCUT2D eigenvalue weighted by Gasteiger charge is 2.11. The van der Waals surface area contributed by atoms with Crippen molar-refractivity contribution in [2.45, 2.75) is 19.9 Å². The van der Waals surface area contributed by atoms with E-state index in [9.17, 15) is 9.59 Å². The molecule has 5 nitrogen and oxygen atoms in total. The van der Waals surface area contributed by atoms with Crippen LogP contribution in [0.25, 0.3) is 17.0 Å². The first-order valence-corrected chi connectivity index (χ1v) is 9.57. The average molecular weight is 388 g/mol. The fourth-order valence-corrected chi connectivity index (χ4v) is 2.86. The van der Waals surface area contributed by atoms with Crippen LogP contribution in [-0.4, -0.2) is 35.4 Å². The quantitative estimate of drug-likeness (QED) is 0.453. The van der Waals surface area contributed by atoms with Gasteiger partial charge in [0.2, 0.25) is 0 Å². The summed E-state index contributed by atoms with van der Waals surface area (Å²) in [6.45, 7) is 2.28. The second kappa shape index (κ2) is 9.64. The number of nitrogens with zero attached hydrogens (tertiary/aromatic N) is 2. The molecule has 0 aliphatic carbocycles. The Labute approximate surface area is 170 Å². The zero-order valence-electron chi connectivity index (χ0n) is 16.7. The summed E-state index contributed by atoms with van der Waals surface area (Å²) in [5, 5.41) is 1.03. The zero-order valence-corrected chi connectivity index (χ0v) is 16.7. The number of aromatic nitrogens is 1. The van der Waals surface area contributed by atoms with Crippen molar-refractivity contribution in [2.24, 2.45) is 0 Å². The van der Waals surface area contributed by atoms with Crippen molar-refractivity contribution >= 4 is 28.9 Å². The van der Waals surface area contributed by atoms with Gasteiger partial charge in [-0.05, 0) is 35.8 Å². The third kappa shape index (κ3) is 5.75. The summed E-state index contributed by atoms with van der Waals surface area (Å²) in [7, 11) is 1.69. The number of amides is 1. The number of ether oxygens (including phenoxy) is 1. The SMILES string of the molecule is CCc1ccc(CN(C)C(=O)COC(=O)/C=C/c2ccc3ccccc3n2)cc1. The van der Waals surface area contributed by atoms with Crippen molar-refractivity contribution in [2.75, 3.05) is 13.7 Å². The number of esters is 1. The maximum absolute atomic E-state index is 12.2. The number of hydrogen-bond donors (Lipinski definition) is 0. The Kier molecular flexibility index (Phi) is 6.74. The van der Waals surface area contributed by atoms with E-state index in [4.69, 9.17) is 4.74 Å². The predicted molar refractivity (Wildman–Crippen MR) is 114 cm³/mol. The Morgan fingerprint density at radius 1 is 1.00 bits per heavy atom. The highest BCUT2D eigenvalue weighted by atomic mass is 16.5. The van der Waals surface area contributed by atoms with E-state index in [0.29, 0.717) is 12.2 Å². The van der Waals surface area contributed by atoms with E-state index < -0.39 is 5.97 Å². The number of hydrogen-bond acceptors (Lipinski definition) is 4. The van der Waals surface area contributed by atoms with E-state index in [1.165, 1.54) is 11.6 Å². The molecule has 0 unspecified atom stereocenters. The largest absolute Gasteiger partial charge is 0.452 e. The second-order valence-electron chi connectivity index (χ2n) is 6.79. The van der Waals surface area contributed by atoms with Gasteiger partial charge in [0.15, 0.2) is 6.61 Å². The van der Waals surface area contributed by atoms with Gasteiger partial charge in [0.1, 0.15) is 0 Å². The summed E-state index contributed by atoms with van der Waals surface area (Å²) in [4.78, 5) is 30.1.